The number of hydrogen-bond donors (Lipinski definition) is 0. The summed E-state index contributed by atoms with van der Waals surface area (Å²) < 4.78 is 33.2. The van der Waals surface area contributed by atoms with Crippen molar-refractivity contribution in [1.82, 2.24) is 28.7 Å². The number of nitrogens with zero attached hydrogens (tertiary/aromatic N) is 7. The van der Waals surface area contributed by atoms with Crippen LogP contribution in [0.15, 0.2) is 29.3 Å². The van der Waals surface area contributed by atoms with Crippen molar-refractivity contribution in [3.05, 3.63) is 40.8 Å². The van der Waals surface area contributed by atoms with E-state index in [1.807, 2.05) is 4.90 Å². The lowest BCUT2D eigenvalue weighted by Crippen LogP contribution is -2.27. The number of rotatable bonds is 3. The molecule has 172 valence electrons. The first-order valence-electron chi connectivity index (χ1n) is 11.5. The summed E-state index contributed by atoms with van der Waals surface area (Å²) in [4.78, 5) is 29.2. The second-order valence-corrected chi connectivity index (χ2v) is 9.10. The molecule has 2 fully saturated rings. The minimum absolute atomic E-state index is 0.0648. The molecule has 2 aliphatic rings. The van der Waals surface area contributed by atoms with Gasteiger partial charge in [-0.2, -0.15) is 9.97 Å². The van der Waals surface area contributed by atoms with E-state index >= 15 is 0 Å². The van der Waals surface area contributed by atoms with Gasteiger partial charge in [0.2, 0.25) is 5.95 Å². The molecular weight excluding hydrogens is 428 g/mol. The highest BCUT2D eigenvalue weighted by atomic mass is 19.1. The summed E-state index contributed by atoms with van der Waals surface area (Å²) in [6, 6.07) is 4.42. The first-order valence-corrected chi connectivity index (χ1v) is 11.5. The highest BCUT2D eigenvalue weighted by molar-refractivity contribution is 5.86. The van der Waals surface area contributed by atoms with Gasteiger partial charge < -0.3 is 4.90 Å². The zero-order valence-electron chi connectivity index (χ0n) is 18.4. The smallest absolute Gasteiger partial charge is 0.330 e. The monoisotopic (exact) mass is 453 g/mol. The van der Waals surface area contributed by atoms with Crippen LogP contribution in [0.1, 0.15) is 44.6 Å². The molecule has 1 saturated carbocycles. The van der Waals surface area contributed by atoms with E-state index in [2.05, 4.69) is 4.98 Å². The minimum Gasteiger partial charge on any atom is -0.352 e. The van der Waals surface area contributed by atoms with Gasteiger partial charge in [-0.1, -0.05) is 19.3 Å². The summed E-state index contributed by atoms with van der Waals surface area (Å²) in [6.45, 7) is 0.725. The van der Waals surface area contributed by atoms with E-state index in [0.29, 0.717) is 46.9 Å². The van der Waals surface area contributed by atoms with Crippen LogP contribution in [0.25, 0.3) is 28.1 Å². The van der Waals surface area contributed by atoms with E-state index in [0.717, 1.165) is 25.7 Å². The van der Waals surface area contributed by atoms with Crippen LogP contribution >= 0.6 is 0 Å². The number of alkyl halides is 1. The van der Waals surface area contributed by atoms with E-state index in [9.17, 15) is 13.6 Å². The van der Waals surface area contributed by atoms with Crippen LogP contribution in [0.5, 0.6) is 0 Å². The molecule has 8 nitrogen and oxygen atoms in total. The van der Waals surface area contributed by atoms with Crippen LogP contribution in [0.3, 0.4) is 0 Å². The third kappa shape index (κ3) is 3.22. The van der Waals surface area contributed by atoms with Gasteiger partial charge in [0, 0.05) is 25.7 Å². The topological polar surface area (TPSA) is 73.8 Å². The van der Waals surface area contributed by atoms with Gasteiger partial charge >= 0.3 is 5.69 Å². The van der Waals surface area contributed by atoms with Crippen molar-refractivity contribution in [3.8, 4) is 5.95 Å². The summed E-state index contributed by atoms with van der Waals surface area (Å²) in [6.07, 6.45) is 6.17. The Hall–Kier alpha value is -3.30. The van der Waals surface area contributed by atoms with E-state index in [-0.39, 0.29) is 24.1 Å². The molecule has 6 rings (SSSR count). The van der Waals surface area contributed by atoms with Crippen molar-refractivity contribution in [2.45, 2.75) is 50.7 Å². The van der Waals surface area contributed by atoms with Crippen molar-refractivity contribution in [3.63, 3.8) is 0 Å². The van der Waals surface area contributed by atoms with Crippen molar-refractivity contribution in [2.24, 2.45) is 7.05 Å². The zero-order valence-corrected chi connectivity index (χ0v) is 18.4. The Morgan fingerprint density at radius 1 is 1.09 bits per heavy atom. The Labute approximate surface area is 188 Å². The fraction of sp³-hybridized carbons (Fsp3) is 0.478. The van der Waals surface area contributed by atoms with Crippen molar-refractivity contribution in [1.29, 1.82) is 0 Å². The van der Waals surface area contributed by atoms with Gasteiger partial charge in [-0.3, -0.25) is 13.7 Å². The Balaban J connectivity index is 1.63. The minimum atomic E-state index is -0.945. The van der Waals surface area contributed by atoms with Gasteiger partial charge in [0.05, 0.1) is 17.6 Å². The molecule has 0 amide bonds. The zero-order chi connectivity index (χ0) is 22.7. The Morgan fingerprint density at radius 2 is 1.91 bits per heavy atom. The van der Waals surface area contributed by atoms with Gasteiger partial charge in [-0.05, 0) is 31.4 Å². The molecule has 1 aliphatic carbocycles. The molecule has 0 bridgehead atoms. The molecule has 1 aliphatic heterocycles. The molecule has 1 atom stereocenters. The molecule has 0 radical (unpaired) electrons. The van der Waals surface area contributed by atoms with Crippen LogP contribution in [0, 0.1) is 5.82 Å². The third-order valence-electron chi connectivity index (χ3n) is 6.99. The lowest BCUT2D eigenvalue weighted by Gasteiger charge is -2.23. The number of benzene rings is 1. The number of aryl methyl sites for hydroxylation is 1. The molecule has 4 aromatic rings. The van der Waals surface area contributed by atoms with E-state index in [1.165, 1.54) is 18.6 Å². The van der Waals surface area contributed by atoms with Crippen LogP contribution < -0.4 is 10.6 Å². The van der Waals surface area contributed by atoms with Gasteiger partial charge in [0.15, 0.2) is 11.5 Å². The maximum Gasteiger partial charge on any atom is 0.330 e. The number of anilines is 1. The van der Waals surface area contributed by atoms with Crippen LogP contribution in [0.2, 0.25) is 0 Å². The molecule has 33 heavy (non-hydrogen) atoms. The quantitative estimate of drug-likeness (QED) is 0.473. The Kier molecular flexibility index (Phi) is 4.70. The summed E-state index contributed by atoms with van der Waals surface area (Å²) in [5.74, 6) is 0.440. The summed E-state index contributed by atoms with van der Waals surface area (Å²) >= 11 is 0. The average Bonchev–Trinajstić information content (AvgIpc) is 3.50. The van der Waals surface area contributed by atoms with E-state index in [1.54, 1.807) is 33.1 Å². The van der Waals surface area contributed by atoms with Gasteiger partial charge in [-0.15, -0.1) is 0 Å². The number of hydrogen-bond acceptors (Lipinski definition) is 5. The molecular formula is C23H25F2N7O. The normalized spacial score (nSPS) is 19.8. The van der Waals surface area contributed by atoms with Crippen molar-refractivity contribution in [2.75, 3.05) is 18.0 Å². The number of fused-ring (bicyclic) bond motifs is 2. The predicted octanol–water partition coefficient (Wildman–Crippen LogP) is 3.66. The number of imidazole rings is 2. The lowest BCUT2D eigenvalue weighted by atomic mass is 9.95. The SMILES string of the molecule is Cn1c(=O)n(C2CCCCC2)c2nc(-n3cnc4ccc(F)cc43)nc(N3CCC(F)C3)c21. The summed E-state index contributed by atoms with van der Waals surface area (Å²) in [5, 5.41) is 0. The predicted molar refractivity (Wildman–Crippen MR) is 121 cm³/mol. The molecule has 0 N–H and O–H groups in total. The molecule has 1 saturated heterocycles. The van der Waals surface area contributed by atoms with Crippen LogP contribution in [0.4, 0.5) is 14.6 Å². The van der Waals surface area contributed by atoms with Gasteiger partial charge in [0.25, 0.3) is 0 Å². The fourth-order valence-corrected chi connectivity index (χ4v) is 5.28. The molecule has 4 heterocycles. The van der Waals surface area contributed by atoms with Crippen LogP contribution in [-0.4, -0.2) is 47.9 Å². The largest absolute Gasteiger partial charge is 0.352 e. The first-order chi connectivity index (χ1) is 16.0. The molecule has 0 spiro atoms. The van der Waals surface area contributed by atoms with Crippen molar-refractivity contribution < 1.29 is 8.78 Å². The van der Waals surface area contributed by atoms with E-state index < -0.39 is 6.17 Å². The molecule has 3 aromatic heterocycles. The summed E-state index contributed by atoms with van der Waals surface area (Å²) in [5.41, 5.74) is 2.16. The van der Waals surface area contributed by atoms with Gasteiger partial charge in [-0.25, -0.2) is 18.6 Å². The fourth-order valence-electron chi connectivity index (χ4n) is 5.28. The number of halogens is 2. The van der Waals surface area contributed by atoms with Crippen molar-refractivity contribution >= 4 is 28.0 Å². The molecule has 1 aromatic carbocycles. The Morgan fingerprint density at radius 3 is 2.67 bits per heavy atom. The van der Waals surface area contributed by atoms with E-state index in [4.69, 9.17) is 9.97 Å². The average molecular weight is 453 g/mol. The molecule has 10 heteroatoms. The maximum absolute atomic E-state index is 14.1. The molecule has 1 unspecified atom stereocenters. The van der Waals surface area contributed by atoms with Crippen LogP contribution in [-0.2, 0) is 7.05 Å². The highest BCUT2D eigenvalue weighted by Crippen LogP contribution is 2.33. The Bertz CT molecular complexity index is 1420. The number of aromatic nitrogens is 6. The standard InChI is InChI=1S/C23H25F2N7O/c1-29-19-20(30-10-9-15(25)12-30)27-22(31-13-26-17-8-7-14(24)11-18(17)31)28-21(19)32(23(29)33)16-5-3-2-4-6-16/h7-8,11,13,15-16H,2-6,9-10,12H2,1H3. The first kappa shape index (κ1) is 20.3. The van der Waals surface area contributed by atoms with Gasteiger partial charge in [0.1, 0.15) is 23.8 Å². The third-order valence-corrected chi connectivity index (χ3v) is 6.99. The highest BCUT2D eigenvalue weighted by Gasteiger charge is 2.30. The second kappa shape index (κ2) is 7.64. The second-order valence-electron chi connectivity index (χ2n) is 9.10. The summed E-state index contributed by atoms with van der Waals surface area (Å²) in [7, 11) is 1.72. The maximum atomic E-state index is 14.1. The lowest BCUT2D eigenvalue weighted by molar-refractivity contribution is 0.350.